The largest absolute Gasteiger partial charge is 0.493 e. The van der Waals surface area contributed by atoms with Gasteiger partial charge in [0.1, 0.15) is 5.82 Å². The second-order valence-corrected chi connectivity index (χ2v) is 8.65. The maximum Gasteiger partial charge on any atom is 0.203 e. The van der Waals surface area contributed by atoms with Gasteiger partial charge in [0.2, 0.25) is 5.75 Å². The number of rotatable bonds is 8. The van der Waals surface area contributed by atoms with E-state index < -0.39 is 0 Å². The fourth-order valence-electron chi connectivity index (χ4n) is 4.24. The molecule has 0 atom stereocenters. The Morgan fingerprint density at radius 3 is 2.09 bits per heavy atom. The summed E-state index contributed by atoms with van der Waals surface area (Å²) in [5.74, 6) is 2.94. The van der Waals surface area contributed by atoms with E-state index >= 15 is 0 Å². The van der Waals surface area contributed by atoms with Crippen molar-refractivity contribution in [3.05, 3.63) is 58.4 Å². The summed E-state index contributed by atoms with van der Waals surface area (Å²) in [5.41, 5.74) is 4.34. The molecule has 4 rings (SSSR count). The lowest BCUT2D eigenvalue weighted by Crippen LogP contribution is -2.45. The Kier molecular flexibility index (Phi) is 7.42. The summed E-state index contributed by atoms with van der Waals surface area (Å²) in [4.78, 5) is 13.2. The molecule has 1 saturated heterocycles. The van der Waals surface area contributed by atoms with E-state index in [0.29, 0.717) is 11.5 Å². The third-order valence-corrected chi connectivity index (χ3v) is 6.37. The SMILES string of the molecule is COc1ccc(CN2CCN(Cc3nc(-c4ccc(Cl)cc4)[nH]c3C)CC2)c(OC)c1OC. The minimum Gasteiger partial charge on any atom is -0.493 e. The number of halogens is 1. The molecule has 2 heterocycles. The Bertz CT molecular complexity index is 1080. The van der Waals surface area contributed by atoms with E-state index in [2.05, 4.69) is 27.8 Å². The quantitative estimate of drug-likeness (QED) is 0.527. The van der Waals surface area contributed by atoms with Crippen molar-refractivity contribution in [2.45, 2.75) is 20.0 Å². The van der Waals surface area contributed by atoms with Crippen LogP contribution in [0.4, 0.5) is 0 Å². The molecule has 0 aliphatic carbocycles. The van der Waals surface area contributed by atoms with Crippen LogP contribution in [-0.2, 0) is 13.1 Å². The Balaban J connectivity index is 1.37. The van der Waals surface area contributed by atoms with Gasteiger partial charge < -0.3 is 19.2 Å². The van der Waals surface area contributed by atoms with Gasteiger partial charge in [-0.3, -0.25) is 9.80 Å². The minimum atomic E-state index is 0.640. The zero-order chi connectivity index (χ0) is 23.4. The van der Waals surface area contributed by atoms with Crippen LogP contribution in [0.3, 0.4) is 0 Å². The number of ether oxygens (including phenoxy) is 3. The molecule has 3 aromatic rings. The smallest absolute Gasteiger partial charge is 0.203 e. The summed E-state index contributed by atoms with van der Waals surface area (Å²) in [7, 11) is 4.94. The predicted octanol–water partition coefficient (Wildman–Crippen LogP) is 4.38. The van der Waals surface area contributed by atoms with E-state index in [0.717, 1.165) is 78.4 Å². The molecular weight excluding hydrogens is 440 g/mol. The van der Waals surface area contributed by atoms with Gasteiger partial charge in [0.25, 0.3) is 0 Å². The normalized spacial score (nSPS) is 14.9. The van der Waals surface area contributed by atoms with Crippen molar-refractivity contribution in [3.63, 3.8) is 0 Å². The topological polar surface area (TPSA) is 62.9 Å². The van der Waals surface area contributed by atoms with Gasteiger partial charge >= 0.3 is 0 Å². The molecule has 0 saturated carbocycles. The maximum atomic E-state index is 6.01. The number of methoxy groups -OCH3 is 3. The Morgan fingerprint density at radius 1 is 0.848 bits per heavy atom. The second kappa shape index (κ2) is 10.5. The van der Waals surface area contributed by atoms with E-state index in [1.165, 1.54) is 0 Å². The Labute approximate surface area is 200 Å². The highest BCUT2D eigenvalue weighted by atomic mass is 35.5. The van der Waals surface area contributed by atoms with Crippen LogP contribution < -0.4 is 14.2 Å². The Hall–Kier alpha value is -2.74. The van der Waals surface area contributed by atoms with Crippen molar-refractivity contribution in [1.82, 2.24) is 19.8 Å². The summed E-state index contributed by atoms with van der Waals surface area (Å²) in [5, 5.41) is 0.728. The number of aromatic amines is 1. The molecule has 1 aromatic heterocycles. The number of nitrogens with one attached hydrogen (secondary N) is 1. The number of aromatic nitrogens is 2. The van der Waals surface area contributed by atoms with E-state index in [9.17, 15) is 0 Å². The number of hydrogen-bond donors (Lipinski definition) is 1. The van der Waals surface area contributed by atoms with Gasteiger partial charge in [-0.1, -0.05) is 17.7 Å². The van der Waals surface area contributed by atoms with E-state index in [1.54, 1.807) is 21.3 Å². The van der Waals surface area contributed by atoms with Crippen LogP contribution >= 0.6 is 11.6 Å². The first-order valence-electron chi connectivity index (χ1n) is 11.1. The maximum absolute atomic E-state index is 6.01. The van der Waals surface area contributed by atoms with Crippen LogP contribution in [0.25, 0.3) is 11.4 Å². The summed E-state index contributed by atoms with van der Waals surface area (Å²) < 4.78 is 16.6. The molecule has 1 aliphatic heterocycles. The van der Waals surface area contributed by atoms with E-state index in [1.807, 2.05) is 30.3 Å². The molecule has 0 bridgehead atoms. The lowest BCUT2D eigenvalue weighted by atomic mass is 10.1. The molecule has 1 fully saturated rings. The van der Waals surface area contributed by atoms with Gasteiger partial charge in [-0.25, -0.2) is 4.98 Å². The third-order valence-electron chi connectivity index (χ3n) is 6.12. The number of piperazine rings is 1. The van der Waals surface area contributed by atoms with Crippen molar-refractivity contribution in [2.75, 3.05) is 47.5 Å². The lowest BCUT2D eigenvalue weighted by Gasteiger charge is -2.34. The van der Waals surface area contributed by atoms with Crippen LogP contribution in [0.5, 0.6) is 17.2 Å². The molecule has 2 aromatic carbocycles. The first kappa shape index (κ1) is 23.4. The minimum absolute atomic E-state index is 0.640. The highest BCUT2D eigenvalue weighted by Crippen LogP contribution is 2.40. The Morgan fingerprint density at radius 2 is 1.48 bits per heavy atom. The molecular formula is C25H31ClN4O3. The number of imidazole rings is 1. The average Bonchev–Trinajstić information content (AvgIpc) is 3.20. The van der Waals surface area contributed by atoms with Crippen molar-refractivity contribution >= 4 is 11.6 Å². The molecule has 1 aliphatic rings. The van der Waals surface area contributed by atoms with Gasteiger partial charge in [-0.05, 0) is 37.3 Å². The highest BCUT2D eigenvalue weighted by molar-refractivity contribution is 6.30. The van der Waals surface area contributed by atoms with Gasteiger partial charge in [0.15, 0.2) is 11.5 Å². The number of nitrogens with zero attached hydrogens (tertiary/aromatic N) is 3. The molecule has 7 nitrogen and oxygen atoms in total. The number of benzene rings is 2. The molecule has 33 heavy (non-hydrogen) atoms. The van der Waals surface area contributed by atoms with Crippen molar-refractivity contribution < 1.29 is 14.2 Å². The van der Waals surface area contributed by atoms with Gasteiger partial charge in [-0.2, -0.15) is 0 Å². The summed E-state index contributed by atoms with van der Waals surface area (Å²) in [6, 6.07) is 11.8. The lowest BCUT2D eigenvalue weighted by molar-refractivity contribution is 0.120. The van der Waals surface area contributed by atoms with Crippen molar-refractivity contribution in [3.8, 4) is 28.6 Å². The second-order valence-electron chi connectivity index (χ2n) is 8.21. The fourth-order valence-corrected chi connectivity index (χ4v) is 4.37. The summed E-state index contributed by atoms with van der Waals surface area (Å²) in [6.45, 7) is 7.65. The predicted molar refractivity (Wildman–Crippen MR) is 130 cm³/mol. The standard InChI is InChI=1S/C25H31ClN4O3/c1-17-21(28-25(27-17)18-5-8-20(26)9-6-18)16-30-13-11-29(12-14-30)15-19-7-10-22(31-2)24(33-4)23(19)32-3/h5-10H,11-16H2,1-4H3,(H,27,28). The molecule has 0 radical (unpaired) electrons. The molecule has 0 unspecified atom stereocenters. The number of H-pyrrole nitrogens is 1. The average molecular weight is 471 g/mol. The molecule has 176 valence electrons. The van der Waals surface area contributed by atoms with Gasteiger partial charge in [-0.15, -0.1) is 0 Å². The zero-order valence-corrected chi connectivity index (χ0v) is 20.4. The number of hydrogen-bond acceptors (Lipinski definition) is 6. The van der Waals surface area contributed by atoms with Crippen LogP contribution in [0, 0.1) is 6.92 Å². The molecule has 0 amide bonds. The molecule has 1 N–H and O–H groups in total. The van der Waals surface area contributed by atoms with Gasteiger partial charge in [0.05, 0.1) is 27.0 Å². The van der Waals surface area contributed by atoms with Crippen LogP contribution in [0.1, 0.15) is 17.0 Å². The third kappa shape index (κ3) is 5.27. The summed E-state index contributed by atoms with van der Waals surface area (Å²) >= 11 is 6.01. The van der Waals surface area contributed by atoms with E-state index in [-0.39, 0.29) is 0 Å². The first-order valence-corrected chi connectivity index (χ1v) is 11.4. The van der Waals surface area contributed by atoms with E-state index in [4.69, 9.17) is 30.8 Å². The zero-order valence-electron chi connectivity index (χ0n) is 19.7. The first-order chi connectivity index (χ1) is 16.0. The van der Waals surface area contributed by atoms with Gasteiger partial charge in [0, 0.05) is 61.1 Å². The fraction of sp³-hybridized carbons (Fsp3) is 0.400. The molecule has 8 heteroatoms. The van der Waals surface area contributed by atoms with Crippen LogP contribution in [0.15, 0.2) is 36.4 Å². The summed E-state index contributed by atoms with van der Waals surface area (Å²) in [6.07, 6.45) is 0. The monoisotopic (exact) mass is 470 g/mol. The highest BCUT2D eigenvalue weighted by Gasteiger charge is 2.22. The molecule has 0 spiro atoms. The van der Waals surface area contributed by atoms with Crippen LogP contribution in [-0.4, -0.2) is 67.3 Å². The van der Waals surface area contributed by atoms with Crippen molar-refractivity contribution in [1.29, 1.82) is 0 Å². The number of aryl methyl sites for hydroxylation is 1. The van der Waals surface area contributed by atoms with Crippen LogP contribution in [0.2, 0.25) is 5.02 Å². The van der Waals surface area contributed by atoms with Crippen molar-refractivity contribution in [2.24, 2.45) is 0 Å².